The number of hydrogen-bond acceptors (Lipinski definition) is 5. The van der Waals surface area contributed by atoms with Gasteiger partial charge in [-0.1, -0.05) is 24.3 Å². The van der Waals surface area contributed by atoms with Crippen molar-refractivity contribution in [1.29, 1.82) is 0 Å². The fraction of sp³-hybridized carbons (Fsp3) is 0.440. The molecular weight excluding hydrogens is 388 g/mol. The first kappa shape index (κ1) is 20.2. The van der Waals surface area contributed by atoms with Crippen molar-refractivity contribution < 1.29 is 4.74 Å². The van der Waals surface area contributed by atoms with Crippen molar-refractivity contribution in [2.24, 2.45) is 0 Å². The van der Waals surface area contributed by atoms with Crippen molar-refractivity contribution >= 4 is 16.7 Å². The van der Waals surface area contributed by atoms with E-state index in [0.29, 0.717) is 23.0 Å². The van der Waals surface area contributed by atoms with E-state index in [1.165, 1.54) is 11.1 Å². The smallest absolute Gasteiger partial charge is 0.191 e. The zero-order chi connectivity index (χ0) is 21.4. The lowest BCUT2D eigenvalue weighted by molar-refractivity contribution is 0.0596. The maximum atomic E-state index is 13.1. The summed E-state index contributed by atoms with van der Waals surface area (Å²) >= 11 is 0. The van der Waals surface area contributed by atoms with Gasteiger partial charge in [0.1, 0.15) is 11.9 Å². The van der Waals surface area contributed by atoms with E-state index in [0.717, 1.165) is 50.2 Å². The van der Waals surface area contributed by atoms with Crippen molar-refractivity contribution in [3.63, 3.8) is 0 Å². The number of methoxy groups -OCH3 is 1. The van der Waals surface area contributed by atoms with Crippen molar-refractivity contribution in [3.05, 3.63) is 69.6 Å². The zero-order valence-electron chi connectivity index (χ0n) is 18.2. The highest BCUT2D eigenvalue weighted by Crippen LogP contribution is 2.30. The average Bonchev–Trinajstić information content (AvgIpc) is 3.21. The van der Waals surface area contributed by atoms with E-state index in [1.807, 2.05) is 25.3 Å². The Morgan fingerprint density at radius 3 is 2.55 bits per heavy atom. The second-order valence-corrected chi connectivity index (χ2v) is 8.78. The maximum Gasteiger partial charge on any atom is 0.191 e. The lowest BCUT2D eigenvalue weighted by Gasteiger charge is -2.29. The van der Waals surface area contributed by atoms with Crippen molar-refractivity contribution in [2.75, 3.05) is 25.5 Å². The molecule has 1 fully saturated rings. The van der Waals surface area contributed by atoms with Gasteiger partial charge in [0.15, 0.2) is 5.43 Å². The van der Waals surface area contributed by atoms with E-state index in [9.17, 15) is 4.79 Å². The van der Waals surface area contributed by atoms with Crippen LogP contribution in [-0.4, -0.2) is 35.8 Å². The van der Waals surface area contributed by atoms with Crippen LogP contribution >= 0.6 is 0 Å². The molecule has 1 unspecified atom stereocenters. The van der Waals surface area contributed by atoms with Crippen LogP contribution in [0.4, 0.5) is 5.69 Å². The molecule has 1 aromatic carbocycles. The Balaban J connectivity index is 1.50. The highest BCUT2D eigenvalue weighted by Gasteiger charge is 2.24. The number of anilines is 1. The molecular formula is C25H30N4O2. The summed E-state index contributed by atoms with van der Waals surface area (Å²) in [5.41, 5.74) is 5.47. The Morgan fingerprint density at radius 1 is 1.16 bits per heavy atom. The number of hydrogen-bond donors (Lipinski definition) is 2. The van der Waals surface area contributed by atoms with Crippen LogP contribution in [0, 0.1) is 0 Å². The van der Waals surface area contributed by atoms with Gasteiger partial charge in [-0.2, -0.15) is 0 Å². The molecule has 2 aromatic heterocycles. The quantitative estimate of drug-likeness (QED) is 0.663. The van der Waals surface area contributed by atoms with Crippen molar-refractivity contribution in [1.82, 2.24) is 14.9 Å². The Labute approximate surface area is 182 Å². The third-order valence-electron chi connectivity index (χ3n) is 6.80. The number of nitrogens with zero attached hydrogens (tertiary/aromatic N) is 2. The molecule has 0 spiro atoms. The number of piperidine rings is 1. The summed E-state index contributed by atoms with van der Waals surface area (Å²) in [7, 11) is 1.70. The molecule has 2 N–H and O–H groups in total. The maximum absolute atomic E-state index is 13.1. The van der Waals surface area contributed by atoms with Crippen LogP contribution < -0.4 is 16.1 Å². The third-order valence-corrected chi connectivity index (χ3v) is 6.80. The van der Waals surface area contributed by atoms with Gasteiger partial charge in [0.2, 0.25) is 0 Å². The Bertz CT molecular complexity index is 1120. The molecule has 1 saturated heterocycles. The summed E-state index contributed by atoms with van der Waals surface area (Å²) in [6, 6.07) is 12.7. The average molecular weight is 419 g/mol. The molecule has 1 aliphatic carbocycles. The van der Waals surface area contributed by atoms with Crippen LogP contribution in [-0.2, 0) is 17.6 Å². The summed E-state index contributed by atoms with van der Waals surface area (Å²) < 4.78 is 7.79. The lowest BCUT2D eigenvalue weighted by Crippen LogP contribution is -2.30. The summed E-state index contributed by atoms with van der Waals surface area (Å²) in [4.78, 5) is 17.9. The molecule has 0 saturated carbocycles. The predicted molar refractivity (Wildman–Crippen MR) is 124 cm³/mol. The molecule has 0 amide bonds. The normalized spacial score (nSPS) is 18.3. The Morgan fingerprint density at radius 2 is 1.87 bits per heavy atom. The topological polar surface area (TPSA) is 68.2 Å². The first-order valence-corrected chi connectivity index (χ1v) is 11.3. The van der Waals surface area contributed by atoms with Crippen LogP contribution in [0.25, 0.3) is 11.0 Å². The van der Waals surface area contributed by atoms with E-state index >= 15 is 0 Å². The lowest BCUT2D eigenvalue weighted by atomic mass is 9.93. The van der Waals surface area contributed by atoms with Gasteiger partial charge in [-0.25, -0.2) is 4.98 Å². The Kier molecular flexibility index (Phi) is 5.50. The zero-order valence-corrected chi connectivity index (χ0v) is 18.2. The van der Waals surface area contributed by atoms with Crippen molar-refractivity contribution in [2.45, 2.75) is 50.8 Å². The molecule has 1 aliphatic heterocycles. The minimum Gasteiger partial charge on any atom is -0.380 e. The Hall–Kier alpha value is -2.70. The molecule has 0 bridgehead atoms. The monoisotopic (exact) mass is 418 g/mol. The molecule has 2 aliphatic rings. The van der Waals surface area contributed by atoms with Gasteiger partial charge in [0.25, 0.3) is 0 Å². The molecule has 0 radical (unpaired) electrons. The first-order valence-electron chi connectivity index (χ1n) is 11.3. The number of fused-ring (bicyclic) bond motifs is 2. The molecule has 162 valence electrons. The molecule has 3 heterocycles. The van der Waals surface area contributed by atoms with Gasteiger partial charge in [0.05, 0.1) is 17.3 Å². The van der Waals surface area contributed by atoms with Crippen LogP contribution in [0.3, 0.4) is 0 Å². The van der Waals surface area contributed by atoms with Gasteiger partial charge in [-0.05, 0) is 62.9 Å². The summed E-state index contributed by atoms with van der Waals surface area (Å²) in [5, 5.41) is 7.64. The molecule has 6 heteroatoms. The number of ether oxygens (including phenoxy) is 1. The van der Waals surface area contributed by atoms with Crippen LogP contribution in [0.5, 0.6) is 0 Å². The van der Waals surface area contributed by atoms with Crippen LogP contribution in [0.1, 0.15) is 48.7 Å². The molecule has 1 atom stereocenters. The SMILES string of the molecule is COC(C)n1c(C2CCNCC2)cc(=O)c2cc(NC3Cc4ccccc4C3)cnc21. The van der Waals surface area contributed by atoms with E-state index in [2.05, 4.69) is 39.5 Å². The number of benzene rings is 1. The largest absolute Gasteiger partial charge is 0.380 e. The minimum absolute atomic E-state index is 0.0361. The molecule has 5 rings (SSSR count). The molecule has 31 heavy (non-hydrogen) atoms. The van der Waals surface area contributed by atoms with Crippen LogP contribution in [0.2, 0.25) is 0 Å². The van der Waals surface area contributed by atoms with E-state index in [4.69, 9.17) is 9.72 Å². The van der Waals surface area contributed by atoms with Gasteiger partial charge in [-0.15, -0.1) is 0 Å². The number of rotatable bonds is 5. The molecule has 3 aromatic rings. The van der Waals surface area contributed by atoms with Gasteiger partial charge >= 0.3 is 0 Å². The second kappa shape index (κ2) is 8.44. The summed E-state index contributed by atoms with van der Waals surface area (Å²) in [6.45, 7) is 3.95. The second-order valence-electron chi connectivity index (χ2n) is 8.78. The van der Waals surface area contributed by atoms with Crippen LogP contribution in [0.15, 0.2) is 47.4 Å². The predicted octanol–water partition coefficient (Wildman–Crippen LogP) is 3.61. The summed E-state index contributed by atoms with van der Waals surface area (Å²) in [6.07, 6.45) is 5.69. The van der Waals surface area contributed by atoms with Gasteiger partial charge in [0, 0.05) is 30.8 Å². The van der Waals surface area contributed by atoms with Gasteiger partial charge < -0.3 is 19.9 Å². The molecule has 6 nitrogen and oxygen atoms in total. The number of pyridine rings is 2. The fourth-order valence-electron chi connectivity index (χ4n) is 5.13. The third kappa shape index (κ3) is 3.86. The fourth-order valence-corrected chi connectivity index (χ4v) is 5.13. The van der Waals surface area contributed by atoms with Crippen molar-refractivity contribution in [3.8, 4) is 0 Å². The van der Waals surface area contributed by atoms with E-state index < -0.39 is 0 Å². The summed E-state index contributed by atoms with van der Waals surface area (Å²) in [5.74, 6) is 0.340. The highest BCUT2D eigenvalue weighted by molar-refractivity contribution is 5.79. The minimum atomic E-state index is -0.191. The standard InChI is InChI=1S/C25H30N4O2/c1-16(31-2)29-23(17-7-9-26-10-8-17)14-24(30)22-13-21(15-27-25(22)29)28-20-11-18-5-3-4-6-19(18)12-20/h3-6,13-17,20,26,28H,7-12H2,1-2H3. The van der Waals surface area contributed by atoms with E-state index in [-0.39, 0.29) is 11.7 Å². The highest BCUT2D eigenvalue weighted by atomic mass is 16.5. The van der Waals surface area contributed by atoms with E-state index in [1.54, 1.807) is 7.11 Å². The van der Waals surface area contributed by atoms with Gasteiger partial charge in [-0.3, -0.25) is 4.79 Å². The first-order chi connectivity index (χ1) is 15.1. The number of nitrogens with one attached hydrogen (secondary N) is 2. The number of aromatic nitrogens is 2.